The molecule has 3 aromatic rings. The zero-order valence-electron chi connectivity index (χ0n) is 17.3. The second-order valence-electron chi connectivity index (χ2n) is 7.05. The first-order valence-electron chi connectivity index (χ1n) is 9.54. The Morgan fingerprint density at radius 2 is 1.75 bits per heavy atom. The zero-order valence-corrected chi connectivity index (χ0v) is 18.9. The van der Waals surface area contributed by atoms with E-state index in [9.17, 15) is 19.7 Å². The Kier molecular flexibility index (Phi) is 7.21. The molecule has 0 aliphatic rings. The first-order valence-corrected chi connectivity index (χ1v) is 10.3. The van der Waals surface area contributed by atoms with E-state index in [0.717, 1.165) is 5.69 Å². The van der Waals surface area contributed by atoms with Crippen molar-refractivity contribution in [2.24, 2.45) is 0 Å². The fourth-order valence-corrected chi connectivity index (χ4v) is 3.37. The molecule has 3 rings (SSSR count). The topological polar surface area (TPSA) is 102 Å². The normalized spacial score (nSPS) is 11.3. The Hall–Kier alpha value is -3.72. The van der Waals surface area contributed by atoms with Crippen molar-refractivity contribution in [2.45, 2.75) is 6.10 Å². The van der Waals surface area contributed by atoms with Crippen LogP contribution in [-0.4, -0.2) is 30.9 Å². The minimum Gasteiger partial charge on any atom is -0.444 e. The number of esters is 1. The minimum atomic E-state index is -1.23. The summed E-state index contributed by atoms with van der Waals surface area (Å²) in [4.78, 5) is 38.2. The molecule has 8 nitrogen and oxygen atoms in total. The number of nitrogens with one attached hydrogen (secondary N) is 1. The number of carbonyl (C=O) groups is 2. The van der Waals surface area contributed by atoms with Crippen molar-refractivity contribution in [3.8, 4) is 0 Å². The number of nitro groups is 1. The van der Waals surface area contributed by atoms with Crippen LogP contribution < -0.4 is 10.2 Å². The molecule has 0 aliphatic heterocycles. The molecule has 3 aromatic carbocycles. The number of anilines is 2. The van der Waals surface area contributed by atoms with Crippen LogP contribution in [0.25, 0.3) is 0 Å². The summed E-state index contributed by atoms with van der Waals surface area (Å²) in [5.74, 6) is -1.25. The number of rotatable bonds is 7. The van der Waals surface area contributed by atoms with Gasteiger partial charge in [0.1, 0.15) is 0 Å². The van der Waals surface area contributed by atoms with Gasteiger partial charge >= 0.3 is 5.97 Å². The van der Waals surface area contributed by atoms with Crippen molar-refractivity contribution in [1.82, 2.24) is 0 Å². The summed E-state index contributed by atoms with van der Waals surface area (Å²) in [6.07, 6.45) is -1.23. The molecule has 0 radical (unpaired) electrons. The molecular weight excluding hydrogens is 478 g/mol. The Morgan fingerprint density at radius 3 is 2.38 bits per heavy atom. The van der Waals surface area contributed by atoms with Gasteiger partial charge in [-0.05, 0) is 40.2 Å². The SMILES string of the molecule is CN(C)c1cccc(C(=O)O[C@H](C(=O)Nc2ccc([N+](=O)[O-])cc2Br)c2ccccc2)c1. The number of benzene rings is 3. The summed E-state index contributed by atoms with van der Waals surface area (Å²) in [6, 6.07) is 19.5. The molecule has 0 aromatic heterocycles. The number of nitro benzene ring substituents is 1. The van der Waals surface area contributed by atoms with Gasteiger partial charge in [0.25, 0.3) is 11.6 Å². The van der Waals surface area contributed by atoms with E-state index in [2.05, 4.69) is 21.2 Å². The second kappa shape index (κ2) is 10.1. The van der Waals surface area contributed by atoms with Gasteiger partial charge in [-0.15, -0.1) is 0 Å². The number of ether oxygens (including phenoxy) is 1. The third kappa shape index (κ3) is 5.50. The lowest BCUT2D eigenvalue weighted by Crippen LogP contribution is -2.26. The molecule has 0 fully saturated rings. The van der Waals surface area contributed by atoms with Crippen molar-refractivity contribution in [2.75, 3.05) is 24.3 Å². The number of amides is 1. The first kappa shape index (κ1) is 23.0. The fourth-order valence-electron chi connectivity index (χ4n) is 2.90. The molecule has 32 heavy (non-hydrogen) atoms. The molecule has 1 atom stereocenters. The summed E-state index contributed by atoms with van der Waals surface area (Å²) in [5.41, 5.74) is 1.80. The standard InChI is InChI=1S/C23H20BrN3O5/c1-26(2)17-10-6-9-16(13-17)23(29)32-21(15-7-4-3-5-8-15)22(28)25-20-12-11-18(27(30)31)14-19(20)24/h3-14,21H,1-2H3,(H,25,28)/t21-/m0/s1. The van der Waals surface area contributed by atoms with Crippen LogP contribution in [0.1, 0.15) is 22.0 Å². The molecule has 1 amide bonds. The zero-order chi connectivity index (χ0) is 23.3. The second-order valence-corrected chi connectivity index (χ2v) is 7.91. The summed E-state index contributed by atoms with van der Waals surface area (Å²) in [6.45, 7) is 0. The van der Waals surface area contributed by atoms with E-state index >= 15 is 0 Å². The van der Waals surface area contributed by atoms with Crippen molar-refractivity contribution >= 4 is 44.9 Å². The fraction of sp³-hybridized carbons (Fsp3) is 0.130. The van der Waals surface area contributed by atoms with Crippen LogP contribution in [0.2, 0.25) is 0 Å². The third-order valence-corrected chi connectivity index (χ3v) is 5.24. The molecule has 0 aliphatic carbocycles. The summed E-state index contributed by atoms with van der Waals surface area (Å²) >= 11 is 3.23. The lowest BCUT2D eigenvalue weighted by Gasteiger charge is -2.19. The minimum absolute atomic E-state index is 0.123. The van der Waals surface area contributed by atoms with E-state index in [1.54, 1.807) is 48.5 Å². The van der Waals surface area contributed by atoms with Crippen LogP contribution in [0.3, 0.4) is 0 Å². The van der Waals surface area contributed by atoms with Crippen molar-refractivity contribution in [1.29, 1.82) is 0 Å². The van der Waals surface area contributed by atoms with Gasteiger partial charge in [-0.25, -0.2) is 4.79 Å². The maximum atomic E-state index is 13.1. The maximum Gasteiger partial charge on any atom is 0.339 e. The van der Waals surface area contributed by atoms with Crippen LogP contribution in [0.15, 0.2) is 77.3 Å². The molecule has 1 N–H and O–H groups in total. The summed E-state index contributed by atoms with van der Waals surface area (Å²) in [7, 11) is 3.71. The van der Waals surface area contributed by atoms with Crippen LogP contribution in [0.4, 0.5) is 17.1 Å². The van der Waals surface area contributed by atoms with Gasteiger partial charge in [0.15, 0.2) is 0 Å². The number of carbonyl (C=O) groups excluding carboxylic acids is 2. The van der Waals surface area contributed by atoms with E-state index in [1.165, 1.54) is 18.2 Å². The highest BCUT2D eigenvalue weighted by Gasteiger charge is 2.26. The van der Waals surface area contributed by atoms with Gasteiger partial charge in [0, 0.05) is 42.0 Å². The van der Waals surface area contributed by atoms with Crippen LogP contribution >= 0.6 is 15.9 Å². The maximum absolute atomic E-state index is 13.1. The number of non-ortho nitro benzene ring substituents is 1. The smallest absolute Gasteiger partial charge is 0.339 e. The van der Waals surface area contributed by atoms with Gasteiger partial charge < -0.3 is 15.0 Å². The molecule has 0 spiro atoms. The highest BCUT2D eigenvalue weighted by Crippen LogP contribution is 2.29. The Labute approximate surface area is 193 Å². The van der Waals surface area contributed by atoms with E-state index in [4.69, 9.17) is 4.74 Å². The quantitative estimate of drug-likeness (QED) is 0.281. The Balaban J connectivity index is 1.87. The number of nitrogens with zero attached hydrogens (tertiary/aromatic N) is 2. The van der Waals surface area contributed by atoms with E-state index < -0.39 is 22.9 Å². The monoisotopic (exact) mass is 497 g/mol. The molecule has 164 valence electrons. The van der Waals surface area contributed by atoms with Crippen molar-refractivity contribution in [3.63, 3.8) is 0 Å². The average Bonchev–Trinajstić information content (AvgIpc) is 2.79. The van der Waals surface area contributed by atoms with E-state index in [-0.39, 0.29) is 5.69 Å². The van der Waals surface area contributed by atoms with Gasteiger partial charge in [0.05, 0.1) is 16.2 Å². The molecule has 9 heteroatoms. The molecular formula is C23H20BrN3O5. The number of halogens is 1. The molecule has 0 bridgehead atoms. The number of hydrogen-bond acceptors (Lipinski definition) is 6. The number of hydrogen-bond donors (Lipinski definition) is 1. The molecule has 0 saturated carbocycles. The van der Waals surface area contributed by atoms with Gasteiger partial charge in [-0.2, -0.15) is 0 Å². The lowest BCUT2D eigenvalue weighted by molar-refractivity contribution is -0.384. The van der Waals surface area contributed by atoms with Crippen LogP contribution in [0, 0.1) is 10.1 Å². The first-order chi connectivity index (χ1) is 15.3. The average molecular weight is 498 g/mol. The summed E-state index contributed by atoms with van der Waals surface area (Å²) in [5, 5.41) is 13.6. The Morgan fingerprint density at radius 1 is 1.03 bits per heavy atom. The summed E-state index contributed by atoms with van der Waals surface area (Å²) < 4.78 is 5.93. The lowest BCUT2D eigenvalue weighted by atomic mass is 10.1. The van der Waals surface area contributed by atoms with Gasteiger partial charge in [-0.1, -0.05) is 36.4 Å². The van der Waals surface area contributed by atoms with Crippen molar-refractivity contribution < 1.29 is 19.2 Å². The highest BCUT2D eigenvalue weighted by molar-refractivity contribution is 9.10. The third-order valence-electron chi connectivity index (χ3n) is 4.58. The molecule has 0 saturated heterocycles. The van der Waals surface area contributed by atoms with Gasteiger partial charge in [-0.3, -0.25) is 14.9 Å². The van der Waals surface area contributed by atoms with Crippen LogP contribution in [-0.2, 0) is 9.53 Å². The van der Waals surface area contributed by atoms with E-state index in [0.29, 0.717) is 21.3 Å². The molecule has 0 heterocycles. The predicted octanol–water partition coefficient (Wildman–Crippen LogP) is 4.96. The van der Waals surface area contributed by atoms with Gasteiger partial charge in [0.2, 0.25) is 6.10 Å². The highest BCUT2D eigenvalue weighted by atomic mass is 79.9. The predicted molar refractivity (Wildman–Crippen MR) is 125 cm³/mol. The Bertz CT molecular complexity index is 1150. The van der Waals surface area contributed by atoms with Crippen molar-refractivity contribution in [3.05, 3.63) is 98.5 Å². The van der Waals surface area contributed by atoms with Crippen LogP contribution in [0.5, 0.6) is 0 Å². The largest absolute Gasteiger partial charge is 0.444 e. The molecule has 0 unspecified atom stereocenters. The van der Waals surface area contributed by atoms with E-state index in [1.807, 2.05) is 25.1 Å².